The lowest BCUT2D eigenvalue weighted by molar-refractivity contribution is -0.212. The SMILES string of the molecule is C/C=C(/C)C(=O)O[C@H]1[C@H](OC(=O)/C(C)=C\C)C(C)=C2[C@H]3OC(=O)[C@](C)(O)[C@]3(O)[C@H](OC(=O)CCC)C[C@@](C)(OC(C)=O)[C@@H]21. The Kier molecular flexibility index (Phi) is 9.67. The van der Waals surface area contributed by atoms with Crippen molar-refractivity contribution in [2.45, 2.75) is 123 Å². The quantitative estimate of drug-likeness (QED) is 0.179. The molecule has 1 aliphatic heterocycles. The van der Waals surface area contributed by atoms with E-state index in [1.54, 1.807) is 27.7 Å². The van der Waals surface area contributed by atoms with Gasteiger partial charge in [0.2, 0.25) is 0 Å². The van der Waals surface area contributed by atoms with E-state index in [4.69, 9.17) is 23.7 Å². The minimum atomic E-state index is -2.59. The van der Waals surface area contributed by atoms with Gasteiger partial charge in [-0.1, -0.05) is 19.1 Å². The first-order valence-electron chi connectivity index (χ1n) is 14.3. The number of ether oxygens (including phenoxy) is 5. The molecule has 238 valence electrons. The molecule has 12 nitrogen and oxygen atoms in total. The molecule has 0 amide bonds. The van der Waals surface area contributed by atoms with Gasteiger partial charge in [0, 0.05) is 30.9 Å². The van der Waals surface area contributed by atoms with Crippen LogP contribution < -0.4 is 0 Å². The van der Waals surface area contributed by atoms with E-state index in [-0.39, 0.29) is 28.7 Å². The highest BCUT2D eigenvalue weighted by atomic mass is 16.6. The van der Waals surface area contributed by atoms with Gasteiger partial charge in [0.15, 0.2) is 29.5 Å². The van der Waals surface area contributed by atoms with E-state index < -0.39 is 83.4 Å². The van der Waals surface area contributed by atoms with Crippen LogP contribution in [0.5, 0.6) is 0 Å². The third kappa shape index (κ3) is 5.74. The van der Waals surface area contributed by atoms with Crippen molar-refractivity contribution in [1.29, 1.82) is 0 Å². The standard InChI is InChI=1S/C31H42O12/c1-10-13-20(33)39-19-14-29(8,43-18(7)32)22-21(25-31(19,38)30(9,37)28(36)42-25)17(6)23(40-26(34)15(4)11-2)24(22)41-27(35)16(5)12-3/h11-12,19,22-25,37-38H,10,13-14H2,1-9H3/b15-11-,16-12-/t19-,22+,23-,24-,25-,29-,30+,31+/m1/s1. The number of fused-ring (bicyclic) bond motifs is 3. The number of rotatable bonds is 8. The fraction of sp³-hybridized carbons (Fsp3) is 0.645. The van der Waals surface area contributed by atoms with Crippen LogP contribution in [0, 0.1) is 5.92 Å². The van der Waals surface area contributed by atoms with Gasteiger partial charge < -0.3 is 33.9 Å². The second-order valence-electron chi connectivity index (χ2n) is 11.8. The molecule has 2 aliphatic carbocycles. The molecule has 8 atom stereocenters. The maximum Gasteiger partial charge on any atom is 0.341 e. The van der Waals surface area contributed by atoms with Crippen molar-refractivity contribution in [2.24, 2.45) is 5.92 Å². The van der Waals surface area contributed by atoms with Gasteiger partial charge in [-0.3, -0.25) is 9.59 Å². The Morgan fingerprint density at radius 2 is 1.53 bits per heavy atom. The zero-order chi connectivity index (χ0) is 32.7. The molecule has 2 fully saturated rings. The molecule has 3 aliphatic rings. The second-order valence-corrected chi connectivity index (χ2v) is 11.8. The number of esters is 5. The molecule has 1 saturated carbocycles. The Balaban J connectivity index is 2.36. The highest BCUT2D eigenvalue weighted by Gasteiger charge is 2.76. The fourth-order valence-electron chi connectivity index (χ4n) is 6.15. The van der Waals surface area contributed by atoms with E-state index in [1.165, 1.54) is 32.9 Å². The molecular formula is C31H42O12. The van der Waals surface area contributed by atoms with Crippen molar-refractivity contribution >= 4 is 29.8 Å². The maximum atomic E-state index is 13.2. The first-order valence-corrected chi connectivity index (χ1v) is 14.3. The molecule has 2 N–H and O–H groups in total. The van der Waals surface area contributed by atoms with Gasteiger partial charge >= 0.3 is 29.8 Å². The number of carbonyl (C=O) groups is 5. The maximum absolute atomic E-state index is 13.2. The molecule has 43 heavy (non-hydrogen) atoms. The van der Waals surface area contributed by atoms with Crippen LogP contribution in [0.3, 0.4) is 0 Å². The van der Waals surface area contributed by atoms with Gasteiger partial charge in [0.25, 0.3) is 0 Å². The fourth-order valence-corrected chi connectivity index (χ4v) is 6.15. The predicted molar refractivity (Wildman–Crippen MR) is 150 cm³/mol. The average Bonchev–Trinajstić information content (AvgIpc) is 3.26. The van der Waals surface area contributed by atoms with Crippen molar-refractivity contribution < 1.29 is 57.9 Å². The van der Waals surface area contributed by atoms with Crippen LogP contribution in [0.15, 0.2) is 34.4 Å². The third-order valence-corrected chi connectivity index (χ3v) is 8.76. The topological polar surface area (TPSA) is 172 Å². The van der Waals surface area contributed by atoms with Crippen LogP contribution in [0.2, 0.25) is 0 Å². The largest absolute Gasteiger partial charge is 0.459 e. The van der Waals surface area contributed by atoms with Crippen molar-refractivity contribution in [3.8, 4) is 0 Å². The Labute approximate surface area is 251 Å². The molecule has 0 bridgehead atoms. The minimum Gasteiger partial charge on any atom is -0.459 e. The van der Waals surface area contributed by atoms with Gasteiger partial charge in [-0.05, 0) is 66.0 Å². The number of carbonyl (C=O) groups excluding carboxylic acids is 5. The van der Waals surface area contributed by atoms with Crippen LogP contribution in [0.1, 0.15) is 81.6 Å². The van der Waals surface area contributed by atoms with E-state index in [0.29, 0.717) is 6.42 Å². The monoisotopic (exact) mass is 606 g/mol. The van der Waals surface area contributed by atoms with Crippen LogP contribution in [0.25, 0.3) is 0 Å². The highest BCUT2D eigenvalue weighted by molar-refractivity contribution is 5.89. The van der Waals surface area contributed by atoms with Crippen LogP contribution in [-0.4, -0.2) is 81.3 Å². The molecule has 1 saturated heterocycles. The summed E-state index contributed by atoms with van der Waals surface area (Å²) in [5.41, 5.74) is -6.01. The normalized spacial score (nSPS) is 35.8. The van der Waals surface area contributed by atoms with Gasteiger partial charge in [0.1, 0.15) is 11.7 Å². The second kappa shape index (κ2) is 12.2. The van der Waals surface area contributed by atoms with E-state index in [0.717, 1.165) is 13.8 Å². The van der Waals surface area contributed by atoms with Gasteiger partial charge in [-0.15, -0.1) is 0 Å². The molecule has 0 unspecified atom stereocenters. The first kappa shape index (κ1) is 34.0. The van der Waals surface area contributed by atoms with E-state index in [1.807, 2.05) is 0 Å². The summed E-state index contributed by atoms with van der Waals surface area (Å²) in [5.74, 6) is -5.31. The summed E-state index contributed by atoms with van der Waals surface area (Å²) in [7, 11) is 0. The molecule has 12 heteroatoms. The summed E-state index contributed by atoms with van der Waals surface area (Å²) in [6.07, 6.45) is -2.87. The highest BCUT2D eigenvalue weighted by Crippen LogP contribution is 2.57. The lowest BCUT2D eigenvalue weighted by Crippen LogP contribution is -2.64. The van der Waals surface area contributed by atoms with Gasteiger partial charge in [-0.2, -0.15) is 0 Å². The van der Waals surface area contributed by atoms with Crippen LogP contribution in [-0.2, 0) is 47.7 Å². The number of hydrogen-bond donors (Lipinski definition) is 2. The molecule has 0 aromatic rings. The van der Waals surface area contributed by atoms with E-state index >= 15 is 0 Å². The smallest absolute Gasteiger partial charge is 0.341 e. The summed E-state index contributed by atoms with van der Waals surface area (Å²) in [6.45, 7) is 13.3. The van der Waals surface area contributed by atoms with E-state index in [2.05, 4.69) is 0 Å². The molecule has 1 heterocycles. The number of aliphatic hydroxyl groups is 2. The van der Waals surface area contributed by atoms with Crippen molar-refractivity contribution in [3.63, 3.8) is 0 Å². The number of allylic oxidation sites excluding steroid dienone is 2. The van der Waals surface area contributed by atoms with Crippen molar-refractivity contribution in [1.82, 2.24) is 0 Å². The Bertz CT molecular complexity index is 1290. The summed E-state index contributed by atoms with van der Waals surface area (Å²) >= 11 is 0. The molecule has 0 radical (unpaired) electrons. The van der Waals surface area contributed by atoms with Crippen LogP contribution in [0.4, 0.5) is 0 Å². The van der Waals surface area contributed by atoms with Crippen molar-refractivity contribution in [3.05, 3.63) is 34.4 Å². The third-order valence-electron chi connectivity index (χ3n) is 8.76. The first-order chi connectivity index (χ1) is 19.9. The Morgan fingerprint density at radius 1 is 0.977 bits per heavy atom. The molecule has 0 spiro atoms. The Morgan fingerprint density at radius 3 is 2.05 bits per heavy atom. The van der Waals surface area contributed by atoms with Crippen molar-refractivity contribution in [2.75, 3.05) is 0 Å². The van der Waals surface area contributed by atoms with E-state index in [9.17, 15) is 34.2 Å². The summed E-state index contributed by atoms with van der Waals surface area (Å²) in [5, 5.41) is 23.7. The predicted octanol–water partition coefficient (Wildman–Crippen LogP) is 2.53. The molecule has 0 aromatic heterocycles. The molecule has 0 aromatic carbocycles. The lowest BCUT2D eigenvalue weighted by atomic mass is 9.75. The number of hydrogen-bond acceptors (Lipinski definition) is 12. The summed E-state index contributed by atoms with van der Waals surface area (Å²) in [6, 6.07) is 0. The van der Waals surface area contributed by atoms with Crippen LogP contribution >= 0.6 is 0 Å². The Hall–Kier alpha value is -3.51. The summed E-state index contributed by atoms with van der Waals surface area (Å²) in [4.78, 5) is 64.6. The lowest BCUT2D eigenvalue weighted by Gasteiger charge is -2.41. The summed E-state index contributed by atoms with van der Waals surface area (Å²) < 4.78 is 29.0. The molecular weight excluding hydrogens is 564 g/mol. The molecule has 3 rings (SSSR count). The van der Waals surface area contributed by atoms with Gasteiger partial charge in [-0.25, -0.2) is 14.4 Å². The zero-order valence-corrected chi connectivity index (χ0v) is 26.1. The average molecular weight is 607 g/mol. The zero-order valence-electron chi connectivity index (χ0n) is 26.1. The van der Waals surface area contributed by atoms with Gasteiger partial charge in [0.05, 0.1) is 5.92 Å². The minimum absolute atomic E-state index is 0.0329.